The maximum absolute atomic E-state index is 5.49. The Kier molecular flexibility index (Phi) is 4.28. The predicted octanol–water partition coefficient (Wildman–Crippen LogP) is 3.81. The number of imidazole rings is 1. The molecule has 3 aromatic heterocycles. The number of hydrogen-bond acceptors (Lipinski definition) is 5. The van der Waals surface area contributed by atoms with Gasteiger partial charge < -0.3 is 15.1 Å². The van der Waals surface area contributed by atoms with E-state index >= 15 is 0 Å². The van der Waals surface area contributed by atoms with Crippen LogP contribution in [0.2, 0.25) is 0 Å². The molecule has 0 aliphatic rings. The average Bonchev–Trinajstić information content (AvgIpc) is 3.36. The van der Waals surface area contributed by atoms with Gasteiger partial charge in [0.1, 0.15) is 16.9 Å². The van der Waals surface area contributed by atoms with Gasteiger partial charge in [0, 0.05) is 11.6 Å². The number of hydrogen-bond donors (Lipinski definition) is 2. The van der Waals surface area contributed by atoms with Crippen LogP contribution in [0.15, 0.2) is 65.3 Å². The first-order valence-electron chi connectivity index (χ1n) is 9.70. The molecule has 7 nitrogen and oxygen atoms in total. The maximum Gasteiger partial charge on any atom is 0.312 e. The fraction of sp³-hybridized carbons (Fsp3) is 0.130. The van der Waals surface area contributed by atoms with Gasteiger partial charge in [-0.1, -0.05) is 47.6 Å². The minimum Gasteiger partial charge on any atom is -0.402 e. The van der Waals surface area contributed by atoms with Crippen LogP contribution >= 0.6 is 0 Å². The number of rotatable bonds is 4. The molecule has 0 aliphatic heterocycles. The van der Waals surface area contributed by atoms with Crippen molar-refractivity contribution in [1.29, 1.82) is 0 Å². The van der Waals surface area contributed by atoms with Crippen LogP contribution in [0.1, 0.15) is 17.0 Å². The van der Waals surface area contributed by atoms with E-state index in [1.54, 1.807) is 0 Å². The zero-order valence-electron chi connectivity index (χ0n) is 16.8. The monoisotopic (exact) mass is 397 g/mol. The Bertz CT molecular complexity index is 1350. The number of nitrogens with one attached hydrogen (secondary N) is 1. The Morgan fingerprint density at radius 1 is 0.933 bits per heavy atom. The van der Waals surface area contributed by atoms with E-state index < -0.39 is 0 Å². The first-order chi connectivity index (χ1) is 14.5. The van der Waals surface area contributed by atoms with Gasteiger partial charge in [-0.2, -0.15) is 4.57 Å². The zero-order chi connectivity index (χ0) is 20.7. The van der Waals surface area contributed by atoms with Crippen LogP contribution < -0.4 is 10.3 Å². The lowest BCUT2D eigenvalue weighted by Crippen LogP contribution is -2.33. The summed E-state index contributed by atoms with van der Waals surface area (Å²) in [6.45, 7) is 4.71. The van der Waals surface area contributed by atoms with E-state index in [9.17, 15) is 0 Å². The quantitative estimate of drug-likeness (QED) is 0.449. The van der Waals surface area contributed by atoms with Gasteiger partial charge in [-0.3, -0.25) is 0 Å². The third kappa shape index (κ3) is 3.41. The van der Waals surface area contributed by atoms with E-state index in [4.69, 9.17) is 15.1 Å². The number of pyridine rings is 1. The highest BCUT2D eigenvalue weighted by Crippen LogP contribution is 2.26. The summed E-state index contributed by atoms with van der Waals surface area (Å²) in [5, 5.41) is 7.58. The SMILES string of the molecule is Cc1ccc(-c2ccc(-c3nc4cc[n+](Cc5nnc(N)o5)cc4[nH]3)cc2)cc1C. The van der Waals surface area contributed by atoms with Gasteiger partial charge in [0.2, 0.25) is 6.54 Å². The Morgan fingerprint density at radius 3 is 2.43 bits per heavy atom. The number of aromatic amines is 1. The molecule has 3 N–H and O–H groups in total. The summed E-state index contributed by atoms with van der Waals surface area (Å²) in [4.78, 5) is 8.12. The van der Waals surface area contributed by atoms with Gasteiger partial charge >= 0.3 is 6.01 Å². The third-order valence-electron chi connectivity index (χ3n) is 5.28. The van der Waals surface area contributed by atoms with Gasteiger partial charge in [0.25, 0.3) is 5.89 Å². The lowest BCUT2D eigenvalue weighted by Gasteiger charge is -2.06. The third-order valence-corrected chi connectivity index (χ3v) is 5.28. The van der Waals surface area contributed by atoms with Crippen molar-refractivity contribution < 1.29 is 8.98 Å². The van der Waals surface area contributed by atoms with Crippen molar-refractivity contribution >= 4 is 17.0 Å². The number of benzene rings is 2. The molecule has 5 rings (SSSR count). The molecule has 0 saturated heterocycles. The number of aryl methyl sites for hydroxylation is 2. The van der Waals surface area contributed by atoms with E-state index in [0.717, 1.165) is 22.4 Å². The molecule has 0 fully saturated rings. The van der Waals surface area contributed by atoms with Crippen LogP contribution in [0.3, 0.4) is 0 Å². The van der Waals surface area contributed by atoms with Gasteiger partial charge in [-0.05, 0) is 36.1 Å². The molecule has 0 amide bonds. The maximum atomic E-state index is 5.49. The molecule has 30 heavy (non-hydrogen) atoms. The van der Waals surface area contributed by atoms with Crippen molar-refractivity contribution in [3.05, 3.63) is 77.9 Å². The molecule has 0 spiro atoms. The highest BCUT2D eigenvalue weighted by molar-refractivity contribution is 5.78. The van der Waals surface area contributed by atoms with Gasteiger partial charge in [0.15, 0.2) is 12.4 Å². The number of aromatic nitrogens is 5. The topological polar surface area (TPSA) is 97.5 Å². The zero-order valence-corrected chi connectivity index (χ0v) is 16.8. The fourth-order valence-corrected chi connectivity index (χ4v) is 3.46. The molecule has 148 valence electrons. The first kappa shape index (κ1) is 18.1. The molecular formula is C23H21N6O+. The summed E-state index contributed by atoms with van der Waals surface area (Å²) in [5.74, 6) is 1.29. The molecule has 0 aliphatic carbocycles. The summed E-state index contributed by atoms with van der Waals surface area (Å²) < 4.78 is 7.19. The van der Waals surface area contributed by atoms with Crippen molar-refractivity contribution in [1.82, 2.24) is 20.2 Å². The van der Waals surface area contributed by atoms with Gasteiger partial charge in [0.05, 0.1) is 0 Å². The van der Waals surface area contributed by atoms with Crippen LogP contribution in [0.25, 0.3) is 33.5 Å². The minimum atomic E-state index is 0.0692. The van der Waals surface area contributed by atoms with Crippen molar-refractivity contribution in [3.63, 3.8) is 0 Å². The molecule has 0 unspecified atom stereocenters. The molecule has 3 heterocycles. The number of H-pyrrole nitrogens is 1. The number of nitrogens with two attached hydrogens (primary N) is 1. The molecule has 0 bridgehead atoms. The van der Waals surface area contributed by atoms with Crippen molar-refractivity contribution in [2.24, 2.45) is 0 Å². The first-order valence-corrected chi connectivity index (χ1v) is 9.70. The Balaban J connectivity index is 1.42. The molecule has 0 radical (unpaired) electrons. The second-order valence-corrected chi connectivity index (χ2v) is 7.41. The van der Waals surface area contributed by atoms with E-state index in [1.165, 1.54) is 22.3 Å². The van der Waals surface area contributed by atoms with Crippen molar-refractivity contribution in [2.45, 2.75) is 20.4 Å². The molecule has 0 atom stereocenters. The van der Waals surface area contributed by atoms with E-state index in [2.05, 4.69) is 71.5 Å². The summed E-state index contributed by atoms with van der Waals surface area (Å²) in [7, 11) is 0. The van der Waals surface area contributed by atoms with Crippen LogP contribution in [-0.4, -0.2) is 20.2 Å². The Morgan fingerprint density at radius 2 is 1.70 bits per heavy atom. The van der Waals surface area contributed by atoms with Gasteiger partial charge in [-0.15, -0.1) is 5.10 Å². The summed E-state index contributed by atoms with van der Waals surface area (Å²) in [6, 6.07) is 17.0. The molecule has 0 saturated carbocycles. The molecule has 7 heteroatoms. The summed E-state index contributed by atoms with van der Waals surface area (Å²) in [6.07, 6.45) is 3.89. The Labute approximate surface area is 173 Å². The second kappa shape index (κ2) is 7.11. The second-order valence-electron chi connectivity index (χ2n) is 7.41. The van der Waals surface area contributed by atoms with Crippen LogP contribution in [0.4, 0.5) is 6.01 Å². The number of fused-ring (bicyclic) bond motifs is 1. The molecular weight excluding hydrogens is 376 g/mol. The van der Waals surface area contributed by atoms with Crippen molar-refractivity contribution in [3.8, 4) is 22.5 Å². The highest BCUT2D eigenvalue weighted by atomic mass is 16.4. The van der Waals surface area contributed by atoms with Gasteiger partial charge in [-0.25, -0.2) is 4.98 Å². The van der Waals surface area contributed by atoms with E-state index in [1.807, 2.05) is 23.0 Å². The number of nitrogens with zero attached hydrogens (tertiary/aromatic N) is 4. The lowest BCUT2D eigenvalue weighted by molar-refractivity contribution is -0.689. The van der Waals surface area contributed by atoms with Crippen LogP contribution in [-0.2, 0) is 6.54 Å². The largest absolute Gasteiger partial charge is 0.402 e. The van der Waals surface area contributed by atoms with E-state index in [-0.39, 0.29) is 6.01 Å². The average molecular weight is 397 g/mol. The number of anilines is 1. The summed E-state index contributed by atoms with van der Waals surface area (Å²) >= 11 is 0. The van der Waals surface area contributed by atoms with Crippen LogP contribution in [0.5, 0.6) is 0 Å². The van der Waals surface area contributed by atoms with Crippen molar-refractivity contribution in [2.75, 3.05) is 5.73 Å². The van der Waals surface area contributed by atoms with E-state index in [0.29, 0.717) is 12.4 Å². The molecule has 5 aromatic rings. The summed E-state index contributed by atoms with van der Waals surface area (Å²) in [5.41, 5.74) is 13.4. The number of nitrogen functional groups attached to an aromatic ring is 1. The normalized spacial score (nSPS) is 11.3. The standard InChI is InChI=1S/C23H20N6O/c1-14-3-4-18(11-15(14)2)16-5-7-17(8-6-16)22-25-19-9-10-29(12-20(19)26-22)13-21-27-28-23(24)30-21/h3-12H,13H2,1-2H3,(H2,24,28)/p+1. The lowest BCUT2D eigenvalue weighted by atomic mass is 9.99. The smallest absolute Gasteiger partial charge is 0.312 e. The minimum absolute atomic E-state index is 0.0692. The highest BCUT2D eigenvalue weighted by Gasteiger charge is 2.13. The molecule has 2 aromatic carbocycles. The Hall–Kier alpha value is -4.00. The fourth-order valence-electron chi connectivity index (χ4n) is 3.46. The predicted molar refractivity (Wildman–Crippen MR) is 114 cm³/mol. The van der Waals surface area contributed by atoms with Crippen LogP contribution in [0, 0.1) is 13.8 Å².